The predicted octanol–water partition coefficient (Wildman–Crippen LogP) is 4.91. The Hall–Kier alpha value is -2.50. The quantitative estimate of drug-likeness (QED) is 0.715. The largest absolute Gasteiger partial charge is 0.497 e. The third-order valence-corrected chi connectivity index (χ3v) is 3.93. The molecule has 7 heteroatoms. The number of halogens is 2. The van der Waals surface area contributed by atoms with E-state index in [1.165, 1.54) is 6.07 Å². The highest BCUT2D eigenvalue weighted by molar-refractivity contribution is 6.40. The van der Waals surface area contributed by atoms with Gasteiger partial charge in [0.25, 0.3) is 5.91 Å². The van der Waals surface area contributed by atoms with E-state index in [4.69, 9.17) is 32.5 Å². The maximum Gasteiger partial charge on any atom is 0.277 e. The van der Waals surface area contributed by atoms with Gasteiger partial charge in [-0.1, -0.05) is 46.6 Å². The summed E-state index contributed by atoms with van der Waals surface area (Å²) in [5.74, 6) is 0.657. The van der Waals surface area contributed by atoms with Gasteiger partial charge >= 0.3 is 0 Å². The Morgan fingerprint density at radius 3 is 2.54 bits per heavy atom. The Balaban J connectivity index is 1.83. The fourth-order valence-electron chi connectivity index (χ4n) is 2.09. The standard InChI is InChI=1S/C17H12Cl2N2O3/c1-23-11-5-2-4-10(8-11)15-9-14(21-24-15)17(22)20-16-12(18)6-3-7-13(16)19/h2-9H,1H3,(H,20,22). The van der Waals surface area contributed by atoms with Gasteiger partial charge < -0.3 is 14.6 Å². The van der Waals surface area contributed by atoms with Crippen LogP contribution in [0.2, 0.25) is 10.0 Å². The predicted molar refractivity (Wildman–Crippen MR) is 92.9 cm³/mol. The van der Waals surface area contributed by atoms with Crippen molar-refractivity contribution in [3.05, 3.63) is 64.3 Å². The molecule has 1 N–H and O–H groups in total. The molecule has 2 aromatic carbocycles. The van der Waals surface area contributed by atoms with E-state index in [-0.39, 0.29) is 5.69 Å². The number of nitrogens with one attached hydrogen (secondary N) is 1. The minimum atomic E-state index is -0.470. The van der Waals surface area contributed by atoms with Gasteiger partial charge in [0, 0.05) is 11.6 Å². The lowest BCUT2D eigenvalue weighted by Gasteiger charge is -2.07. The average Bonchev–Trinajstić information content (AvgIpc) is 3.08. The van der Waals surface area contributed by atoms with Gasteiger partial charge in [-0.2, -0.15) is 0 Å². The second-order valence-electron chi connectivity index (χ2n) is 4.86. The van der Waals surface area contributed by atoms with Crippen LogP contribution in [-0.4, -0.2) is 18.2 Å². The van der Waals surface area contributed by atoms with Crippen molar-refractivity contribution in [2.45, 2.75) is 0 Å². The molecule has 0 spiro atoms. The normalized spacial score (nSPS) is 10.5. The summed E-state index contributed by atoms with van der Waals surface area (Å²) in [6.07, 6.45) is 0. The third-order valence-electron chi connectivity index (χ3n) is 3.30. The average molecular weight is 363 g/mol. The van der Waals surface area contributed by atoms with Crippen molar-refractivity contribution in [3.8, 4) is 17.1 Å². The van der Waals surface area contributed by atoms with Crippen LogP contribution in [0.15, 0.2) is 53.1 Å². The number of methoxy groups -OCH3 is 1. The van der Waals surface area contributed by atoms with Gasteiger partial charge in [-0.05, 0) is 24.3 Å². The number of amides is 1. The van der Waals surface area contributed by atoms with Crippen molar-refractivity contribution in [2.24, 2.45) is 0 Å². The number of carbonyl (C=O) groups is 1. The van der Waals surface area contributed by atoms with E-state index in [0.717, 1.165) is 5.56 Å². The summed E-state index contributed by atoms with van der Waals surface area (Å²) < 4.78 is 10.4. The van der Waals surface area contributed by atoms with Crippen LogP contribution >= 0.6 is 23.2 Å². The number of aromatic nitrogens is 1. The summed E-state index contributed by atoms with van der Waals surface area (Å²) in [5.41, 5.74) is 1.19. The Morgan fingerprint density at radius 2 is 1.83 bits per heavy atom. The summed E-state index contributed by atoms with van der Waals surface area (Å²) >= 11 is 12.1. The minimum absolute atomic E-state index is 0.115. The van der Waals surface area contributed by atoms with Crippen LogP contribution in [0, 0.1) is 0 Å². The minimum Gasteiger partial charge on any atom is -0.497 e. The highest BCUT2D eigenvalue weighted by Crippen LogP contribution is 2.30. The topological polar surface area (TPSA) is 64.4 Å². The number of hydrogen-bond donors (Lipinski definition) is 1. The molecule has 3 rings (SSSR count). The van der Waals surface area contributed by atoms with Gasteiger partial charge in [-0.3, -0.25) is 4.79 Å². The van der Waals surface area contributed by atoms with Crippen LogP contribution in [0.3, 0.4) is 0 Å². The first-order chi connectivity index (χ1) is 11.6. The van der Waals surface area contributed by atoms with E-state index >= 15 is 0 Å². The zero-order valence-electron chi connectivity index (χ0n) is 12.5. The molecule has 3 aromatic rings. The molecular weight excluding hydrogens is 351 g/mol. The molecule has 0 aliphatic carbocycles. The van der Waals surface area contributed by atoms with Gasteiger partial charge in [0.2, 0.25) is 0 Å². The molecule has 0 saturated carbocycles. The SMILES string of the molecule is COc1cccc(-c2cc(C(=O)Nc3c(Cl)cccc3Cl)no2)c1. The van der Waals surface area contributed by atoms with Gasteiger partial charge in [0.15, 0.2) is 11.5 Å². The zero-order valence-corrected chi connectivity index (χ0v) is 14.1. The number of hydrogen-bond acceptors (Lipinski definition) is 4. The molecule has 0 aliphatic rings. The lowest BCUT2D eigenvalue weighted by atomic mass is 10.1. The molecule has 0 radical (unpaired) electrons. The lowest BCUT2D eigenvalue weighted by molar-refractivity contribution is 0.101. The molecule has 0 bridgehead atoms. The van der Waals surface area contributed by atoms with Crippen molar-refractivity contribution >= 4 is 34.8 Å². The van der Waals surface area contributed by atoms with Crippen molar-refractivity contribution in [1.29, 1.82) is 0 Å². The van der Waals surface area contributed by atoms with E-state index in [2.05, 4.69) is 10.5 Å². The summed E-state index contributed by atoms with van der Waals surface area (Å²) in [4.78, 5) is 12.3. The van der Waals surface area contributed by atoms with Gasteiger partial charge in [0.1, 0.15) is 5.75 Å². The third kappa shape index (κ3) is 3.37. The fraction of sp³-hybridized carbons (Fsp3) is 0.0588. The number of anilines is 1. The molecule has 122 valence electrons. The van der Waals surface area contributed by atoms with E-state index in [9.17, 15) is 4.79 Å². The van der Waals surface area contributed by atoms with Gasteiger partial charge in [0.05, 0.1) is 22.8 Å². The van der Waals surface area contributed by atoms with Crippen molar-refractivity contribution < 1.29 is 14.1 Å². The Morgan fingerprint density at radius 1 is 1.12 bits per heavy atom. The van der Waals surface area contributed by atoms with E-state index in [0.29, 0.717) is 27.2 Å². The van der Waals surface area contributed by atoms with Crippen molar-refractivity contribution in [3.63, 3.8) is 0 Å². The number of carbonyl (C=O) groups excluding carboxylic acids is 1. The van der Waals surface area contributed by atoms with Crippen LogP contribution in [0.25, 0.3) is 11.3 Å². The molecule has 0 unspecified atom stereocenters. The maximum absolute atomic E-state index is 12.3. The summed E-state index contributed by atoms with van der Waals surface area (Å²) in [6, 6.07) is 13.7. The van der Waals surface area contributed by atoms with E-state index in [1.807, 2.05) is 18.2 Å². The lowest BCUT2D eigenvalue weighted by Crippen LogP contribution is -2.12. The second kappa shape index (κ2) is 6.95. The highest BCUT2D eigenvalue weighted by atomic mass is 35.5. The number of rotatable bonds is 4. The summed E-state index contributed by atoms with van der Waals surface area (Å²) in [5, 5.41) is 7.10. The molecule has 0 saturated heterocycles. The number of ether oxygens (including phenoxy) is 1. The first kappa shape index (κ1) is 16.4. The Bertz CT molecular complexity index is 873. The molecule has 1 amide bonds. The second-order valence-corrected chi connectivity index (χ2v) is 5.67. The molecule has 0 atom stereocenters. The van der Waals surface area contributed by atoms with Crippen LogP contribution in [-0.2, 0) is 0 Å². The number of benzene rings is 2. The maximum atomic E-state index is 12.3. The zero-order chi connectivity index (χ0) is 17.1. The highest BCUT2D eigenvalue weighted by Gasteiger charge is 2.16. The number of nitrogens with zero attached hydrogens (tertiary/aromatic N) is 1. The van der Waals surface area contributed by atoms with Crippen molar-refractivity contribution in [1.82, 2.24) is 5.16 Å². The number of para-hydroxylation sites is 1. The molecule has 0 fully saturated rings. The first-order valence-corrected chi connectivity index (χ1v) is 7.70. The smallest absolute Gasteiger partial charge is 0.277 e. The van der Waals surface area contributed by atoms with E-state index in [1.54, 1.807) is 31.4 Å². The van der Waals surface area contributed by atoms with Gasteiger partial charge in [-0.15, -0.1) is 0 Å². The first-order valence-electron chi connectivity index (χ1n) is 6.95. The molecule has 5 nitrogen and oxygen atoms in total. The molecule has 1 heterocycles. The monoisotopic (exact) mass is 362 g/mol. The molecule has 0 aliphatic heterocycles. The van der Waals surface area contributed by atoms with Crippen LogP contribution < -0.4 is 10.1 Å². The van der Waals surface area contributed by atoms with Crippen LogP contribution in [0.5, 0.6) is 5.75 Å². The fourth-order valence-corrected chi connectivity index (χ4v) is 2.58. The van der Waals surface area contributed by atoms with Crippen LogP contribution in [0.4, 0.5) is 5.69 Å². The summed E-state index contributed by atoms with van der Waals surface area (Å²) in [6.45, 7) is 0. The van der Waals surface area contributed by atoms with Crippen LogP contribution in [0.1, 0.15) is 10.5 Å². The molecule has 1 aromatic heterocycles. The Kier molecular flexibility index (Phi) is 4.74. The van der Waals surface area contributed by atoms with Crippen molar-refractivity contribution in [2.75, 3.05) is 12.4 Å². The Labute approximate surface area is 148 Å². The van der Waals surface area contributed by atoms with E-state index < -0.39 is 5.91 Å². The molecular formula is C17H12Cl2N2O3. The molecule has 24 heavy (non-hydrogen) atoms. The van der Waals surface area contributed by atoms with Gasteiger partial charge in [-0.25, -0.2) is 0 Å². The summed E-state index contributed by atoms with van der Waals surface area (Å²) in [7, 11) is 1.58.